The predicted octanol–water partition coefficient (Wildman–Crippen LogP) is 3.04. The second-order valence-electron chi connectivity index (χ2n) is 5.69. The summed E-state index contributed by atoms with van der Waals surface area (Å²) in [7, 11) is 0. The number of ether oxygens (including phenoxy) is 1. The number of carbonyl (C=O) groups is 2. The van der Waals surface area contributed by atoms with Gasteiger partial charge < -0.3 is 15.2 Å². The first-order chi connectivity index (χ1) is 11.9. The van der Waals surface area contributed by atoms with Crippen molar-refractivity contribution in [3.05, 3.63) is 65.5 Å². The van der Waals surface area contributed by atoms with Gasteiger partial charge in [-0.15, -0.1) is 0 Å². The van der Waals surface area contributed by atoms with Gasteiger partial charge in [0.2, 0.25) is 5.91 Å². The standard InChI is InChI=1S/C19H20FNO4/c1-13(25-17-4-2-3-16(20)11-17)12-21-18(22)10-7-14-5-8-15(9-6-14)19(23)24/h2-6,8-9,11,13H,7,10,12H2,1H3,(H,21,22)(H,23,24). The normalized spacial score (nSPS) is 11.6. The Hall–Kier alpha value is -2.89. The topological polar surface area (TPSA) is 75.6 Å². The van der Waals surface area contributed by atoms with Crippen LogP contribution in [0.15, 0.2) is 48.5 Å². The van der Waals surface area contributed by atoms with E-state index in [4.69, 9.17) is 9.84 Å². The van der Waals surface area contributed by atoms with Crippen molar-refractivity contribution in [1.82, 2.24) is 5.32 Å². The van der Waals surface area contributed by atoms with Crippen molar-refractivity contribution >= 4 is 11.9 Å². The summed E-state index contributed by atoms with van der Waals surface area (Å²) in [6.07, 6.45) is 0.518. The van der Waals surface area contributed by atoms with E-state index in [9.17, 15) is 14.0 Å². The second-order valence-corrected chi connectivity index (χ2v) is 5.69. The first-order valence-electron chi connectivity index (χ1n) is 7.95. The van der Waals surface area contributed by atoms with Crippen LogP contribution in [0, 0.1) is 5.82 Å². The average molecular weight is 345 g/mol. The molecular formula is C19H20FNO4. The number of carboxylic acid groups (broad SMARTS) is 1. The van der Waals surface area contributed by atoms with Gasteiger partial charge in [-0.25, -0.2) is 9.18 Å². The molecule has 0 saturated heterocycles. The zero-order valence-corrected chi connectivity index (χ0v) is 13.9. The third kappa shape index (κ3) is 6.25. The Bertz CT molecular complexity index is 730. The molecule has 0 radical (unpaired) electrons. The van der Waals surface area contributed by atoms with Crippen LogP contribution in [0.5, 0.6) is 5.75 Å². The van der Waals surface area contributed by atoms with E-state index in [2.05, 4.69) is 5.32 Å². The van der Waals surface area contributed by atoms with Crippen molar-refractivity contribution in [1.29, 1.82) is 0 Å². The molecule has 1 amide bonds. The number of halogens is 1. The number of aromatic carboxylic acids is 1. The summed E-state index contributed by atoms with van der Waals surface area (Å²) in [6.45, 7) is 2.10. The van der Waals surface area contributed by atoms with Crippen LogP contribution in [0.3, 0.4) is 0 Å². The number of hydrogen-bond acceptors (Lipinski definition) is 3. The Morgan fingerprint density at radius 1 is 1.20 bits per heavy atom. The summed E-state index contributed by atoms with van der Waals surface area (Å²) in [5.41, 5.74) is 1.11. The molecule has 0 spiro atoms. The highest BCUT2D eigenvalue weighted by atomic mass is 19.1. The van der Waals surface area contributed by atoms with Crippen LogP contribution in [0.1, 0.15) is 29.3 Å². The third-order valence-corrected chi connectivity index (χ3v) is 3.56. The van der Waals surface area contributed by atoms with Gasteiger partial charge in [0.15, 0.2) is 0 Å². The molecule has 0 aromatic heterocycles. The fourth-order valence-corrected chi connectivity index (χ4v) is 2.23. The highest BCUT2D eigenvalue weighted by Gasteiger charge is 2.08. The van der Waals surface area contributed by atoms with Crippen LogP contribution in [-0.4, -0.2) is 29.6 Å². The number of carbonyl (C=O) groups excluding carboxylic acids is 1. The van der Waals surface area contributed by atoms with Crippen LogP contribution in [0.2, 0.25) is 0 Å². The zero-order chi connectivity index (χ0) is 18.2. The molecule has 0 fully saturated rings. The van der Waals surface area contributed by atoms with Gasteiger partial charge in [0.25, 0.3) is 0 Å². The summed E-state index contributed by atoms with van der Waals surface area (Å²) in [6, 6.07) is 12.3. The summed E-state index contributed by atoms with van der Waals surface area (Å²) in [5, 5.41) is 11.6. The molecule has 0 aliphatic carbocycles. The summed E-state index contributed by atoms with van der Waals surface area (Å²) < 4.78 is 18.6. The zero-order valence-electron chi connectivity index (χ0n) is 13.9. The molecule has 5 nitrogen and oxygen atoms in total. The van der Waals surface area contributed by atoms with E-state index in [1.807, 2.05) is 0 Å². The molecule has 2 aromatic carbocycles. The van der Waals surface area contributed by atoms with Gasteiger partial charge >= 0.3 is 5.97 Å². The molecule has 0 heterocycles. The molecular weight excluding hydrogens is 325 g/mol. The first-order valence-corrected chi connectivity index (χ1v) is 7.95. The van der Waals surface area contributed by atoms with Gasteiger partial charge in [-0.05, 0) is 43.2 Å². The van der Waals surface area contributed by atoms with Gasteiger partial charge in [-0.2, -0.15) is 0 Å². The molecule has 0 aliphatic rings. The predicted molar refractivity (Wildman–Crippen MR) is 91.2 cm³/mol. The minimum absolute atomic E-state index is 0.128. The molecule has 0 aliphatic heterocycles. The lowest BCUT2D eigenvalue weighted by atomic mass is 10.1. The largest absolute Gasteiger partial charge is 0.489 e. The Morgan fingerprint density at radius 3 is 2.56 bits per heavy atom. The maximum absolute atomic E-state index is 13.1. The van der Waals surface area contributed by atoms with Gasteiger partial charge in [0.1, 0.15) is 17.7 Å². The highest BCUT2D eigenvalue weighted by Crippen LogP contribution is 2.13. The van der Waals surface area contributed by atoms with Crippen LogP contribution in [-0.2, 0) is 11.2 Å². The summed E-state index contributed by atoms with van der Waals surface area (Å²) in [4.78, 5) is 22.7. The number of carboxylic acids is 1. The van der Waals surface area contributed by atoms with Crippen molar-refractivity contribution in [2.45, 2.75) is 25.9 Å². The van der Waals surface area contributed by atoms with Gasteiger partial charge in [-0.1, -0.05) is 18.2 Å². The maximum Gasteiger partial charge on any atom is 0.335 e. The van der Waals surface area contributed by atoms with E-state index >= 15 is 0 Å². The number of nitrogens with one attached hydrogen (secondary N) is 1. The number of hydrogen-bond donors (Lipinski definition) is 2. The Balaban J connectivity index is 1.72. The Kier molecular flexibility index (Phi) is 6.51. The summed E-state index contributed by atoms with van der Waals surface area (Å²) >= 11 is 0. The van der Waals surface area contributed by atoms with Crippen LogP contribution in [0.4, 0.5) is 4.39 Å². The van der Waals surface area contributed by atoms with E-state index in [0.29, 0.717) is 25.1 Å². The second kappa shape index (κ2) is 8.82. The van der Waals surface area contributed by atoms with Crippen molar-refractivity contribution in [3.8, 4) is 5.75 Å². The molecule has 25 heavy (non-hydrogen) atoms. The minimum Gasteiger partial charge on any atom is -0.489 e. The van der Waals surface area contributed by atoms with E-state index in [-0.39, 0.29) is 23.4 Å². The summed E-state index contributed by atoms with van der Waals surface area (Å²) in [5.74, 6) is -1.06. The lowest BCUT2D eigenvalue weighted by Gasteiger charge is -2.15. The number of aryl methyl sites for hydroxylation is 1. The minimum atomic E-state index is -0.975. The van der Waals surface area contributed by atoms with E-state index in [0.717, 1.165) is 5.56 Å². The monoisotopic (exact) mass is 345 g/mol. The van der Waals surface area contributed by atoms with E-state index in [1.54, 1.807) is 31.2 Å². The van der Waals surface area contributed by atoms with Crippen molar-refractivity contribution in [2.75, 3.05) is 6.54 Å². The molecule has 0 bridgehead atoms. The fourth-order valence-electron chi connectivity index (χ4n) is 2.23. The molecule has 6 heteroatoms. The maximum atomic E-state index is 13.1. The van der Waals surface area contributed by atoms with Crippen molar-refractivity contribution < 1.29 is 23.8 Å². The molecule has 2 rings (SSSR count). The SMILES string of the molecule is CC(CNC(=O)CCc1ccc(C(=O)O)cc1)Oc1cccc(F)c1. The highest BCUT2D eigenvalue weighted by molar-refractivity contribution is 5.87. The molecule has 2 aromatic rings. The van der Waals surface area contributed by atoms with Gasteiger partial charge in [-0.3, -0.25) is 4.79 Å². The molecule has 1 unspecified atom stereocenters. The number of amides is 1. The number of rotatable bonds is 8. The third-order valence-electron chi connectivity index (χ3n) is 3.56. The lowest BCUT2D eigenvalue weighted by Crippen LogP contribution is -2.33. The Morgan fingerprint density at radius 2 is 1.92 bits per heavy atom. The van der Waals surface area contributed by atoms with Crippen LogP contribution >= 0.6 is 0 Å². The quantitative estimate of drug-likeness (QED) is 0.771. The Labute approximate surface area is 145 Å². The van der Waals surface area contributed by atoms with E-state index < -0.39 is 5.97 Å². The average Bonchev–Trinajstić information content (AvgIpc) is 2.58. The van der Waals surface area contributed by atoms with E-state index in [1.165, 1.54) is 24.3 Å². The van der Waals surface area contributed by atoms with Crippen LogP contribution < -0.4 is 10.1 Å². The molecule has 132 valence electrons. The van der Waals surface area contributed by atoms with Crippen LogP contribution in [0.25, 0.3) is 0 Å². The van der Waals surface area contributed by atoms with Gasteiger partial charge in [0.05, 0.1) is 12.1 Å². The molecule has 1 atom stereocenters. The van der Waals surface area contributed by atoms with Crippen molar-refractivity contribution in [3.63, 3.8) is 0 Å². The lowest BCUT2D eigenvalue weighted by molar-refractivity contribution is -0.121. The number of benzene rings is 2. The molecule has 0 saturated carbocycles. The van der Waals surface area contributed by atoms with Gasteiger partial charge in [0, 0.05) is 12.5 Å². The smallest absolute Gasteiger partial charge is 0.335 e. The first kappa shape index (κ1) is 18.4. The molecule has 2 N–H and O–H groups in total. The van der Waals surface area contributed by atoms with Crippen molar-refractivity contribution in [2.24, 2.45) is 0 Å². The fraction of sp³-hybridized carbons (Fsp3) is 0.263.